The second-order valence-corrected chi connectivity index (χ2v) is 3.92. The van der Waals surface area contributed by atoms with Crippen molar-refractivity contribution in [3.05, 3.63) is 45.6 Å². The lowest BCUT2D eigenvalue weighted by atomic mass is 10.1. The van der Waals surface area contributed by atoms with Crippen molar-refractivity contribution < 1.29 is 9.59 Å². The first kappa shape index (κ1) is 10.1. The van der Waals surface area contributed by atoms with Crippen molar-refractivity contribution in [1.29, 1.82) is 0 Å². The lowest BCUT2D eigenvalue weighted by Crippen LogP contribution is -2.23. The summed E-state index contributed by atoms with van der Waals surface area (Å²) in [4.78, 5) is 22.3. The molecule has 5 heteroatoms. The molecule has 1 aromatic carbocycles. The van der Waals surface area contributed by atoms with Crippen LogP contribution in [0.15, 0.2) is 34.8 Å². The SMILES string of the molecule is O=C1C=C(c2ccc(Br)cc2)C(=O)N1[O-]. The Morgan fingerprint density at radius 3 is 2.20 bits per heavy atom. The molecule has 0 saturated heterocycles. The second-order valence-electron chi connectivity index (χ2n) is 3.00. The zero-order chi connectivity index (χ0) is 11.0. The van der Waals surface area contributed by atoms with Gasteiger partial charge in [-0.3, -0.25) is 9.59 Å². The quantitative estimate of drug-likeness (QED) is 0.727. The molecule has 0 N–H and O–H groups in total. The summed E-state index contributed by atoms with van der Waals surface area (Å²) in [6.07, 6.45) is 1.05. The molecule has 0 fully saturated rings. The number of rotatable bonds is 1. The smallest absolute Gasteiger partial charge is 0.250 e. The van der Waals surface area contributed by atoms with Crippen LogP contribution in [0, 0.1) is 5.21 Å². The van der Waals surface area contributed by atoms with Gasteiger partial charge in [0.1, 0.15) is 0 Å². The van der Waals surface area contributed by atoms with Gasteiger partial charge in [0.2, 0.25) is 5.91 Å². The lowest BCUT2D eigenvalue weighted by molar-refractivity contribution is -0.133. The number of nitrogens with zero attached hydrogens (tertiary/aromatic N) is 1. The molecule has 0 radical (unpaired) electrons. The number of hydrogen-bond acceptors (Lipinski definition) is 3. The minimum Gasteiger partial charge on any atom is -0.749 e. The maximum Gasteiger partial charge on any atom is 0.250 e. The minimum absolute atomic E-state index is 0.141. The third-order valence-electron chi connectivity index (χ3n) is 2.04. The largest absolute Gasteiger partial charge is 0.749 e. The Balaban J connectivity index is 2.41. The van der Waals surface area contributed by atoms with E-state index < -0.39 is 11.8 Å². The van der Waals surface area contributed by atoms with E-state index in [1.54, 1.807) is 24.3 Å². The fraction of sp³-hybridized carbons (Fsp3) is 0. The number of hydrogen-bond donors (Lipinski definition) is 0. The highest BCUT2D eigenvalue weighted by Gasteiger charge is 2.24. The van der Waals surface area contributed by atoms with E-state index in [1.807, 2.05) is 0 Å². The first-order chi connectivity index (χ1) is 7.09. The molecule has 4 nitrogen and oxygen atoms in total. The third kappa shape index (κ3) is 1.71. The van der Waals surface area contributed by atoms with Crippen molar-refractivity contribution in [1.82, 2.24) is 5.06 Å². The molecule has 1 aromatic rings. The molecule has 15 heavy (non-hydrogen) atoms. The molecule has 76 valence electrons. The van der Waals surface area contributed by atoms with Gasteiger partial charge < -0.3 is 10.3 Å². The van der Waals surface area contributed by atoms with Crippen LogP contribution in [0.4, 0.5) is 0 Å². The van der Waals surface area contributed by atoms with E-state index in [4.69, 9.17) is 0 Å². The van der Waals surface area contributed by atoms with Crippen LogP contribution >= 0.6 is 15.9 Å². The normalized spacial score (nSPS) is 15.9. The summed E-state index contributed by atoms with van der Waals surface area (Å²) >= 11 is 3.25. The molecule has 2 rings (SSSR count). The molecule has 0 atom stereocenters. The molecule has 2 amide bonds. The molecule has 0 aromatic heterocycles. The maximum absolute atomic E-state index is 11.3. The Morgan fingerprint density at radius 1 is 1.13 bits per heavy atom. The zero-order valence-corrected chi connectivity index (χ0v) is 9.02. The lowest BCUT2D eigenvalue weighted by Gasteiger charge is -2.18. The Hall–Kier alpha value is -1.46. The average Bonchev–Trinajstić information content (AvgIpc) is 2.47. The number of benzene rings is 1. The summed E-state index contributed by atoms with van der Waals surface area (Å²) in [6.45, 7) is 0. The van der Waals surface area contributed by atoms with Crippen LogP contribution in [0.5, 0.6) is 0 Å². The molecule has 1 aliphatic rings. The summed E-state index contributed by atoms with van der Waals surface area (Å²) in [5, 5.41) is 10.8. The highest BCUT2D eigenvalue weighted by atomic mass is 79.9. The highest BCUT2D eigenvalue weighted by molar-refractivity contribution is 9.10. The van der Waals surface area contributed by atoms with Crippen molar-refractivity contribution in [3.63, 3.8) is 0 Å². The molecule has 0 aliphatic carbocycles. The molecule has 0 unspecified atom stereocenters. The average molecular weight is 267 g/mol. The van der Waals surface area contributed by atoms with Crippen molar-refractivity contribution in [2.45, 2.75) is 0 Å². The van der Waals surface area contributed by atoms with Gasteiger partial charge in [0.15, 0.2) is 0 Å². The van der Waals surface area contributed by atoms with Gasteiger partial charge in [-0.2, -0.15) is 0 Å². The minimum atomic E-state index is -0.821. The van der Waals surface area contributed by atoms with Crippen LogP contribution < -0.4 is 0 Å². The van der Waals surface area contributed by atoms with Crippen molar-refractivity contribution in [2.24, 2.45) is 0 Å². The van der Waals surface area contributed by atoms with Crippen LogP contribution in [0.3, 0.4) is 0 Å². The summed E-state index contributed by atoms with van der Waals surface area (Å²) in [6, 6.07) is 6.81. The van der Waals surface area contributed by atoms with Gasteiger partial charge in [-0.05, 0) is 17.7 Å². The van der Waals surface area contributed by atoms with Gasteiger partial charge >= 0.3 is 0 Å². The first-order valence-corrected chi connectivity index (χ1v) is 4.92. The summed E-state index contributed by atoms with van der Waals surface area (Å²) in [7, 11) is 0. The van der Waals surface area contributed by atoms with E-state index >= 15 is 0 Å². The number of amides is 2. The number of hydroxylamine groups is 2. The molecule has 0 spiro atoms. The van der Waals surface area contributed by atoms with E-state index in [0.717, 1.165) is 10.5 Å². The predicted molar refractivity (Wildman–Crippen MR) is 57.3 cm³/mol. The monoisotopic (exact) mass is 266 g/mol. The van der Waals surface area contributed by atoms with E-state index in [0.29, 0.717) is 5.56 Å². The topological polar surface area (TPSA) is 60.4 Å². The van der Waals surface area contributed by atoms with E-state index in [9.17, 15) is 14.8 Å². The van der Waals surface area contributed by atoms with E-state index in [2.05, 4.69) is 15.9 Å². The Labute approximate surface area is 93.9 Å². The highest BCUT2D eigenvalue weighted by Crippen LogP contribution is 2.23. The Kier molecular flexibility index (Phi) is 2.42. The fourth-order valence-electron chi connectivity index (χ4n) is 1.29. The maximum atomic E-state index is 11.3. The summed E-state index contributed by atoms with van der Waals surface area (Å²) < 4.78 is 0.864. The Morgan fingerprint density at radius 2 is 1.73 bits per heavy atom. The Bertz CT molecular complexity index is 464. The fourth-order valence-corrected chi connectivity index (χ4v) is 1.55. The number of halogens is 1. The summed E-state index contributed by atoms with van der Waals surface area (Å²) in [5.41, 5.74) is 0.706. The third-order valence-corrected chi connectivity index (χ3v) is 2.57. The van der Waals surface area contributed by atoms with Gasteiger partial charge in [-0.1, -0.05) is 28.1 Å². The van der Waals surface area contributed by atoms with Gasteiger partial charge in [0.05, 0.1) is 5.57 Å². The molecule has 0 bridgehead atoms. The van der Waals surface area contributed by atoms with Crippen LogP contribution in [0.1, 0.15) is 5.56 Å². The van der Waals surface area contributed by atoms with Gasteiger partial charge in [0.25, 0.3) is 5.91 Å². The molecule has 1 aliphatic heterocycles. The van der Waals surface area contributed by atoms with Crippen LogP contribution in [-0.4, -0.2) is 16.9 Å². The first-order valence-electron chi connectivity index (χ1n) is 4.13. The summed E-state index contributed by atoms with van der Waals surface area (Å²) in [5.74, 6) is -1.62. The molecule has 1 heterocycles. The van der Waals surface area contributed by atoms with Crippen molar-refractivity contribution in [3.8, 4) is 0 Å². The van der Waals surface area contributed by atoms with Gasteiger partial charge in [0, 0.05) is 10.5 Å². The van der Waals surface area contributed by atoms with Crippen LogP contribution in [-0.2, 0) is 9.59 Å². The van der Waals surface area contributed by atoms with E-state index in [-0.39, 0.29) is 10.6 Å². The van der Waals surface area contributed by atoms with Gasteiger partial charge in [-0.15, -0.1) is 0 Å². The van der Waals surface area contributed by atoms with Crippen molar-refractivity contribution >= 4 is 33.3 Å². The molecular formula is C10H5BrNO3-. The predicted octanol–water partition coefficient (Wildman–Crippen LogP) is 1.70. The zero-order valence-electron chi connectivity index (χ0n) is 7.44. The van der Waals surface area contributed by atoms with Gasteiger partial charge in [-0.25, -0.2) is 0 Å². The van der Waals surface area contributed by atoms with Crippen LogP contribution in [0.25, 0.3) is 5.57 Å². The number of imide groups is 1. The molecular weight excluding hydrogens is 262 g/mol. The number of carbonyl (C=O) groups is 2. The van der Waals surface area contributed by atoms with Crippen molar-refractivity contribution in [2.75, 3.05) is 0 Å². The molecule has 0 saturated carbocycles. The second kappa shape index (κ2) is 3.60. The van der Waals surface area contributed by atoms with E-state index in [1.165, 1.54) is 0 Å². The van der Waals surface area contributed by atoms with Crippen LogP contribution in [0.2, 0.25) is 0 Å². The number of carbonyl (C=O) groups excluding carboxylic acids is 2. The standard InChI is InChI=1S/C10H5BrNO3/c11-7-3-1-6(2-4-7)8-5-9(13)12(15)10(8)14/h1-5H/q-1.